The Morgan fingerprint density at radius 3 is 2.45 bits per heavy atom. The molecular formula is C32H25N3O2S. The fourth-order valence-corrected chi connectivity index (χ4v) is 6.11. The van der Waals surface area contributed by atoms with Crippen LogP contribution in [-0.4, -0.2) is 21.0 Å². The Labute approximate surface area is 224 Å². The Morgan fingerprint density at radius 1 is 0.895 bits per heavy atom. The number of aromatic nitrogens is 2. The van der Waals surface area contributed by atoms with E-state index in [4.69, 9.17) is 0 Å². The average molecular weight is 516 g/mol. The molecule has 38 heavy (non-hydrogen) atoms. The zero-order valence-electron chi connectivity index (χ0n) is 20.8. The number of aliphatic carboxylic acids is 1. The third kappa shape index (κ3) is 4.29. The maximum absolute atomic E-state index is 12.6. The molecule has 6 aromatic rings. The van der Waals surface area contributed by atoms with Gasteiger partial charge < -0.3 is 10.4 Å². The minimum Gasteiger partial charge on any atom is -0.479 e. The number of nitrogens with one attached hydrogen (secondary N) is 1. The monoisotopic (exact) mass is 515 g/mol. The smallest absolute Gasteiger partial charge is 0.330 e. The zero-order valence-corrected chi connectivity index (χ0v) is 21.6. The van der Waals surface area contributed by atoms with Gasteiger partial charge in [0.25, 0.3) is 0 Å². The molecule has 0 aliphatic heterocycles. The second-order valence-electron chi connectivity index (χ2n) is 9.09. The lowest BCUT2D eigenvalue weighted by Crippen LogP contribution is -2.21. The van der Waals surface area contributed by atoms with Crippen molar-refractivity contribution in [2.24, 2.45) is 0 Å². The quantitative estimate of drug-likeness (QED) is 0.225. The molecule has 6 heteroatoms. The van der Waals surface area contributed by atoms with Crippen LogP contribution < -0.4 is 5.32 Å². The Balaban J connectivity index is 1.50. The normalized spacial score (nSPS) is 12.0. The molecule has 0 unspecified atom stereocenters. The molecule has 186 valence electrons. The van der Waals surface area contributed by atoms with Crippen molar-refractivity contribution in [2.75, 3.05) is 5.32 Å². The molecule has 0 aliphatic rings. The van der Waals surface area contributed by atoms with E-state index in [0.717, 1.165) is 49.7 Å². The number of nitrogens with zero attached hydrogens (tertiary/aromatic N) is 2. The third-order valence-corrected chi connectivity index (χ3v) is 8.04. The lowest BCUT2D eigenvalue weighted by atomic mass is 9.95. The Hall–Kier alpha value is -4.55. The predicted molar refractivity (Wildman–Crippen MR) is 156 cm³/mol. The van der Waals surface area contributed by atoms with Crippen molar-refractivity contribution in [3.63, 3.8) is 0 Å². The van der Waals surface area contributed by atoms with E-state index in [1.807, 2.05) is 66.7 Å². The number of thiophene rings is 1. The van der Waals surface area contributed by atoms with Crippen molar-refractivity contribution in [2.45, 2.75) is 19.4 Å². The number of hydrogen-bond donors (Lipinski definition) is 2. The van der Waals surface area contributed by atoms with E-state index >= 15 is 0 Å². The Kier molecular flexibility index (Phi) is 6.32. The highest BCUT2D eigenvalue weighted by Crippen LogP contribution is 2.44. The van der Waals surface area contributed by atoms with Gasteiger partial charge >= 0.3 is 5.97 Å². The van der Waals surface area contributed by atoms with E-state index in [-0.39, 0.29) is 0 Å². The average Bonchev–Trinajstić information content (AvgIpc) is 3.35. The summed E-state index contributed by atoms with van der Waals surface area (Å²) in [4.78, 5) is 23.8. The van der Waals surface area contributed by atoms with Crippen molar-refractivity contribution in [1.82, 2.24) is 9.97 Å². The van der Waals surface area contributed by atoms with Crippen LogP contribution in [0, 0.1) is 0 Å². The van der Waals surface area contributed by atoms with Gasteiger partial charge in [0.05, 0.1) is 5.39 Å². The summed E-state index contributed by atoms with van der Waals surface area (Å²) >= 11 is 1.63. The van der Waals surface area contributed by atoms with Gasteiger partial charge in [0.15, 0.2) is 6.04 Å². The van der Waals surface area contributed by atoms with Crippen LogP contribution in [0.15, 0.2) is 103 Å². The summed E-state index contributed by atoms with van der Waals surface area (Å²) in [6.45, 7) is 2.13. The minimum atomic E-state index is -0.984. The van der Waals surface area contributed by atoms with Crippen LogP contribution in [0.1, 0.15) is 23.4 Å². The van der Waals surface area contributed by atoms with Gasteiger partial charge in [-0.05, 0) is 45.5 Å². The van der Waals surface area contributed by atoms with Gasteiger partial charge in [0, 0.05) is 10.4 Å². The molecule has 0 radical (unpaired) electrons. The van der Waals surface area contributed by atoms with E-state index < -0.39 is 12.0 Å². The molecule has 1 atom stereocenters. The van der Waals surface area contributed by atoms with Crippen LogP contribution in [-0.2, 0) is 11.2 Å². The number of benzene rings is 4. The Bertz CT molecular complexity index is 1770. The number of rotatable bonds is 7. The molecule has 0 saturated carbocycles. The molecular weight excluding hydrogens is 490 g/mol. The molecule has 0 amide bonds. The molecule has 6 rings (SSSR count). The lowest BCUT2D eigenvalue weighted by Gasteiger charge is -2.18. The molecule has 2 aromatic heterocycles. The molecule has 0 saturated heterocycles. The van der Waals surface area contributed by atoms with Crippen molar-refractivity contribution in [3.05, 3.63) is 114 Å². The number of carbonyl (C=O) groups is 1. The third-order valence-electron chi connectivity index (χ3n) is 6.80. The molecule has 0 fully saturated rings. The molecule has 0 bridgehead atoms. The number of carboxylic acid groups (broad SMARTS) is 1. The van der Waals surface area contributed by atoms with Crippen LogP contribution in [0.4, 0.5) is 5.82 Å². The fourth-order valence-electron chi connectivity index (χ4n) is 5.02. The van der Waals surface area contributed by atoms with Gasteiger partial charge in [-0.3, -0.25) is 0 Å². The van der Waals surface area contributed by atoms with Crippen LogP contribution in [0.5, 0.6) is 0 Å². The zero-order chi connectivity index (χ0) is 26.1. The molecule has 0 aliphatic carbocycles. The molecule has 2 heterocycles. The number of fused-ring (bicyclic) bond motifs is 2. The van der Waals surface area contributed by atoms with Crippen LogP contribution >= 0.6 is 11.3 Å². The highest BCUT2D eigenvalue weighted by Gasteiger charge is 2.25. The van der Waals surface area contributed by atoms with Crippen LogP contribution in [0.3, 0.4) is 0 Å². The van der Waals surface area contributed by atoms with E-state index in [9.17, 15) is 9.90 Å². The lowest BCUT2D eigenvalue weighted by molar-refractivity contribution is -0.138. The molecule has 2 N–H and O–H groups in total. The molecule has 0 spiro atoms. The van der Waals surface area contributed by atoms with E-state index in [1.54, 1.807) is 11.3 Å². The van der Waals surface area contributed by atoms with Gasteiger partial charge in [0.2, 0.25) is 0 Å². The van der Waals surface area contributed by atoms with Crippen molar-refractivity contribution < 1.29 is 9.90 Å². The van der Waals surface area contributed by atoms with Crippen molar-refractivity contribution in [1.29, 1.82) is 0 Å². The maximum atomic E-state index is 12.6. The fraction of sp³-hybridized carbons (Fsp3) is 0.0938. The standard InChI is InChI=1S/C32H25N3O2S/c1-2-26-27(25-17-9-13-21-12-6-7-16-24(21)25)28-30(33-19-34-31(28)38-26)35-29(32(36)37)23-15-8-14-22(18-23)20-10-4-3-5-11-20/h3-19,29H,2H2,1H3,(H,36,37)(H,33,34,35)/t29-/m1/s1. The second-order valence-corrected chi connectivity index (χ2v) is 10.2. The van der Waals surface area contributed by atoms with Gasteiger partial charge in [0.1, 0.15) is 17.0 Å². The minimum absolute atomic E-state index is 0.520. The van der Waals surface area contributed by atoms with Crippen LogP contribution in [0.2, 0.25) is 0 Å². The Morgan fingerprint density at radius 2 is 1.63 bits per heavy atom. The van der Waals surface area contributed by atoms with Crippen LogP contribution in [0.25, 0.3) is 43.2 Å². The summed E-state index contributed by atoms with van der Waals surface area (Å²) in [7, 11) is 0. The SMILES string of the molecule is CCc1sc2ncnc(N[C@@H](C(=O)O)c3cccc(-c4ccccc4)c3)c2c1-c1cccc2ccccc12. The topological polar surface area (TPSA) is 75.1 Å². The summed E-state index contributed by atoms with van der Waals surface area (Å²) < 4.78 is 0. The highest BCUT2D eigenvalue weighted by molar-refractivity contribution is 7.19. The first kappa shape index (κ1) is 23.8. The van der Waals surface area contributed by atoms with E-state index in [0.29, 0.717) is 11.4 Å². The summed E-state index contributed by atoms with van der Waals surface area (Å²) in [6.07, 6.45) is 2.34. The molecule has 4 aromatic carbocycles. The van der Waals surface area contributed by atoms with Gasteiger partial charge in [-0.1, -0.05) is 97.9 Å². The number of anilines is 1. The van der Waals surface area contributed by atoms with Crippen molar-refractivity contribution in [3.8, 4) is 22.3 Å². The second kappa shape index (κ2) is 10.1. The molecule has 5 nitrogen and oxygen atoms in total. The summed E-state index contributed by atoms with van der Waals surface area (Å²) in [6, 6.07) is 31.2. The first-order valence-corrected chi connectivity index (χ1v) is 13.3. The van der Waals surface area contributed by atoms with Crippen molar-refractivity contribution >= 4 is 44.1 Å². The van der Waals surface area contributed by atoms with Gasteiger partial charge in [-0.25, -0.2) is 14.8 Å². The first-order valence-electron chi connectivity index (χ1n) is 12.5. The predicted octanol–water partition coefficient (Wildman–Crippen LogP) is 7.98. The maximum Gasteiger partial charge on any atom is 0.330 e. The number of carboxylic acids is 1. The summed E-state index contributed by atoms with van der Waals surface area (Å²) in [5.41, 5.74) is 4.82. The summed E-state index contributed by atoms with van der Waals surface area (Å²) in [5, 5.41) is 16.7. The summed E-state index contributed by atoms with van der Waals surface area (Å²) in [5.74, 6) is -0.453. The van der Waals surface area contributed by atoms with E-state index in [1.165, 1.54) is 11.2 Å². The first-order chi connectivity index (χ1) is 18.6. The highest BCUT2D eigenvalue weighted by atomic mass is 32.1. The number of hydrogen-bond acceptors (Lipinski definition) is 5. The van der Waals surface area contributed by atoms with Gasteiger partial charge in [-0.15, -0.1) is 11.3 Å². The number of aryl methyl sites for hydroxylation is 1. The van der Waals surface area contributed by atoms with Gasteiger partial charge in [-0.2, -0.15) is 0 Å². The van der Waals surface area contributed by atoms with E-state index in [2.05, 4.69) is 52.5 Å². The largest absolute Gasteiger partial charge is 0.479 e.